The molecule has 0 unspecified atom stereocenters. The number of hydrogen-bond acceptors (Lipinski definition) is 4. The smallest absolute Gasteiger partial charge is 0.291 e. The number of amides is 1. The number of anilines is 1. The molecule has 6 nitrogen and oxygen atoms in total. The fraction of sp³-hybridized carbons (Fsp3) is 0.133. The number of hydrogen-bond donors (Lipinski definition) is 1. The zero-order valence-corrected chi connectivity index (χ0v) is 12.7. The summed E-state index contributed by atoms with van der Waals surface area (Å²) in [6, 6.07) is 9.47. The van der Waals surface area contributed by atoms with E-state index >= 15 is 0 Å². The number of nitrogens with zero attached hydrogens (tertiary/aromatic N) is 1. The lowest BCUT2D eigenvalue weighted by Crippen LogP contribution is -2.12. The van der Waals surface area contributed by atoms with Gasteiger partial charge in [0.2, 0.25) is 0 Å². The average molecular weight is 321 g/mol. The highest BCUT2D eigenvalue weighted by Gasteiger charge is 2.19. The van der Waals surface area contributed by atoms with E-state index in [4.69, 9.17) is 16.3 Å². The lowest BCUT2D eigenvalue weighted by Gasteiger charge is -2.11. The Morgan fingerprint density at radius 1 is 1.27 bits per heavy atom. The number of halogens is 1. The number of nitrogens with one attached hydrogen (secondary N) is 1. The number of benzene rings is 2. The normalized spacial score (nSPS) is 10.1. The number of rotatable bonds is 4. The molecule has 0 saturated carbocycles. The summed E-state index contributed by atoms with van der Waals surface area (Å²) in [4.78, 5) is 22.4. The molecule has 0 aliphatic carbocycles. The van der Waals surface area contributed by atoms with E-state index in [2.05, 4.69) is 5.32 Å². The van der Waals surface area contributed by atoms with Crippen LogP contribution in [0.25, 0.3) is 0 Å². The molecular formula is C15H13ClN2O4. The quantitative estimate of drug-likeness (QED) is 0.686. The molecule has 0 aliphatic rings. The van der Waals surface area contributed by atoms with Gasteiger partial charge in [-0.1, -0.05) is 29.3 Å². The van der Waals surface area contributed by atoms with Crippen LogP contribution in [0.2, 0.25) is 5.02 Å². The maximum absolute atomic E-state index is 12.2. The minimum Gasteiger partial charge on any atom is -0.494 e. The summed E-state index contributed by atoms with van der Waals surface area (Å²) >= 11 is 5.86. The number of nitro groups is 1. The molecule has 2 aromatic carbocycles. The third kappa shape index (κ3) is 3.35. The van der Waals surface area contributed by atoms with E-state index < -0.39 is 4.92 Å². The van der Waals surface area contributed by atoms with Gasteiger partial charge < -0.3 is 10.1 Å². The van der Waals surface area contributed by atoms with Crippen LogP contribution in [0.1, 0.15) is 15.9 Å². The summed E-state index contributed by atoms with van der Waals surface area (Å²) in [6.07, 6.45) is 0. The topological polar surface area (TPSA) is 81.5 Å². The lowest BCUT2D eigenvalue weighted by molar-refractivity contribution is -0.384. The molecule has 1 N–H and O–H groups in total. The van der Waals surface area contributed by atoms with E-state index in [0.29, 0.717) is 5.56 Å². The summed E-state index contributed by atoms with van der Waals surface area (Å²) in [6.45, 7) is 1.92. The molecule has 0 bridgehead atoms. The molecule has 22 heavy (non-hydrogen) atoms. The number of methoxy groups -OCH3 is 1. The highest BCUT2D eigenvalue weighted by atomic mass is 35.5. The molecule has 0 saturated heterocycles. The first-order valence-electron chi connectivity index (χ1n) is 6.32. The first kappa shape index (κ1) is 15.8. The predicted molar refractivity (Wildman–Crippen MR) is 83.8 cm³/mol. The summed E-state index contributed by atoms with van der Waals surface area (Å²) in [5.74, 6) is -0.195. The van der Waals surface area contributed by atoms with Gasteiger partial charge in [-0.05, 0) is 25.1 Å². The summed E-state index contributed by atoms with van der Waals surface area (Å²) in [7, 11) is 1.36. The number of carbonyl (C=O) groups is 1. The van der Waals surface area contributed by atoms with Crippen LogP contribution < -0.4 is 10.1 Å². The average Bonchev–Trinajstić information content (AvgIpc) is 2.47. The second-order valence-corrected chi connectivity index (χ2v) is 4.99. The fourth-order valence-electron chi connectivity index (χ4n) is 1.85. The van der Waals surface area contributed by atoms with Gasteiger partial charge in [-0.3, -0.25) is 14.9 Å². The van der Waals surface area contributed by atoms with Crippen molar-refractivity contribution in [2.45, 2.75) is 6.92 Å². The zero-order valence-electron chi connectivity index (χ0n) is 11.9. The molecule has 2 aromatic rings. The minimum atomic E-state index is -0.615. The fourth-order valence-corrected chi connectivity index (χ4v) is 2.08. The Bertz CT molecular complexity index is 729. The Kier molecular flexibility index (Phi) is 4.62. The van der Waals surface area contributed by atoms with Crippen molar-refractivity contribution >= 4 is 28.9 Å². The highest BCUT2D eigenvalue weighted by Crippen LogP contribution is 2.35. The van der Waals surface area contributed by atoms with E-state index in [1.54, 1.807) is 12.1 Å². The van der Waals surface area contributed by atoms with Crippen molar-refractivity contribution in [1.82, 2.24) is 0 Å². The van der Waals surface area contributed by atoms with Gasteiger partial charge in [0.05, 0.1) is 23.8 Å². The molecule has 0 spiro atoms. The van der Waals surface area contributed by atoms with Crippen LogP contribution in [0, 0.1) is 17.0 Å². The van der Waals surface area contributed by atoms with Gasteiger partial charge in [-0.15, -0.1) is 0 Å². The molecular weight excluding hydrogens is 308 g/mol. The van der Waals surface area contributed by atoms with Gasteiger partial charge in [0, 0.05) is 5.56 Å². The largest absolute Gasteiger partial charge is 0.494 e. The third-order valence-electron chi connectivity index (χ3n) is 3.03. The number of nitro benzene ring substituents is 1. The Morgan fingerprint density at radius 3 is 2.45 bits per heavy atom. The van der Waals surface area contributed by atoms with Crippen molar-refractivity contribution in [3.63, 3.8) is 0 Å². The second kappa shape index (κ2) is 6.44. The number of aryl methyl sites for hydroxylation is 1. The molecule has 0 fully saturated rings. The number of carbonyl (C=O) groups excluding carboxylic acids is 1. The molecule has 0 aromatic heterocycles. The third-order valence-corrected chi connectivity index (χ3v) is 3.33. The van der Waals surface area contributed by atoms with Gasteiger partial charge in [0.15, 0.2) is 0 Å². The van der Waals surface area contributed by atoms with Gasteiger partial charge >= 0.3 is 0 Å². The summed E-state index contributed by atoms with van der Waals surface area (Å²) in [5, 5.41) is 13.4. The van der Waals surface area contributed by atoms with Crippen LogP contribution in [0.3, 0.4) is 0 Å². The molecule has 0 heterocycles. The summed E-state index contributed by atoms with van der Waals surface area (Å²) in [5.41, 5.74) is 1.48. The van der Waals surface area contributed by atoms with E-state index in [1.807, 2.05) is 19.1 Å². The standard InChI is InChI=1S/C15H13ClN2O4/c1-9-3-5-10(6-4-9)15(19)17-12-7-11(16)13(18(20)21)8-14(12)22-2/h3-8H,1-2H3,(H,17,19). The first-order valence-corrected chi connectivity index (χ1v) is 6.70. The van der Waals surface area contributed by atoms with Crippen LogP contribution >= 0.6 is 11.6 Å². The van der Waals surface area contributed by atoms with Crippen molar-refractivity contribution in [2.75, 3.05) is 12.4 Å². The predicted octanol–water partition coefficient (Wildman–Crippen LogP) is 3.82. The van der Waals surface area contributed by atoms with Crippen molar-refractivity contribution in [2.24, 2.45) is 0 Å². The molecule has 0 atom stereocenters. The Morgan fingerprint density at radius 2 is 1.91 bits per heavy atom. The zero-order chi connectivity index (χ0) is 16.3. The van der Waals surface area contributed by atoms with Crippen LogP contribution in [-0.2, 0) is 0 Å². The molecule has 114 valence electrons. The molecule has 0 aliphatic heterocycles. The van der Waals surface area contributed by atoms with Gasteiger partial charge in [0.1, 0.15) is 10.8 Å². The van der Waals surface area contributed by atoms with Crippen molar-refractivity contribution in [3.05, 3.63) is 62.7 Å². The van der Waals surface area contributed by atoms with E-state index in [-0.39, 0.29) is 28.1 Å². The van der Waals surface area contributed by atoms with E-state index in [0.717, 1.165) is 5.56 Å². The Hall–Kier alpha value is -2.60. The Balaban J connectivity index is 2.32. The van der Waals surface area contributed by atoms with Crippen molar-refractivity contribution in [3.8, 4) is 5.75 Å². The summed E-state index contributed by atoms with van der Waals surface area (Å²) < 4.78 is 5.07. The van der Waals surface area contributed by atoms with Gasteiger partial charge in [0.25, 0.3) is 11.6 Å². The van der Waals surface area contributed by atoms with Gasteiger partial charge in [-0.2, -0.15) is 0 Å². The van der Waals surface area contributed by atoms with E-state index in [1.165, 1.54) is 19.2 Å². The molecule has 2 rings (SSSR count). The lowest BCUT2D eigenvalue weighted by atomic mass is 10.1. The van der Waals surface area contributed by atoms with Crippen LogP contribution in [0.5, 0.6) is 5.75 Å². The molecule has 1 amide bonds. The van der Waals surface area contributed by atoms with E-state index in [9.17, 15) is 14.9 Å². The number of ether oxygens (including phenoxy) is 1. The maximum Gasteiger partial charge on any atom is 0.291 e. The van der Waals surface area contributed by atoms with Gasteiger partial charge in [-0.25, -0.2) is 0 Å². The Labute approximate surface area is 131 Å². The van der Waals surface area contributed by atoms with Crippen molar-refractivity contribution in [1.29, 1.82) is 0 Å². The second-order valence-electron chi connectivity index (χ2n) is 4.58. The van der Waals surface area contributed by atoms with Crippen LogP contribution in [-0.4, -0.2) is 17.9 Å². The maximum atomic E-state index is 12.2. The van der Waals surface area contributed by atoms with Crippen LogP contribution in [0.4, 0.5) is 11.4 Å². The highest BCUT2D eigenvalue weighted by molar-refractivity contribution is 6.33. The first-order chi connectivity index (χ1) is 10.4. The molecule has 7 heteroatoms. The minimum absolute atomic E-state index is 0.0787. The molecule has 0 radical (unpaired) electrons. The van der Waals surface area contributed by atoms with Crippen LogP contribution in [0.15, 0.2) is 36.4 Å². The monoisotopic (exact) mass is 320 g/mol. The van der Waals surface area contributed by atoms with Crippen molar-refractivity contribution < 1.29 is 14.5 Å². The SMILES string of the molecule is COc1cc([N+](=O)[O-])c(Cl)cc1NC(=O)c1ccc(C)cc1.